The topological polar surface area (TPSA) is 33.4 Å². The molecule has 2 heteroatoms. The minimum absolute atomic E-state index is 0.397. The van der Waals surface area contributed by atoms with Crippen molar-refractivity contribution in [2.45, 2.75) is 25.4 Å². The predicted octanol–water partition coefficient (Wildman–Crippen LogP) is 2.80. The van der Waals surface area contributed by atoms with Gasteiger partial charge < -0.3 is 9.52 Å². The van der Waals surface area contributed by atoms with Crippen molar-refractivity contribution in [3.8, 4) is 0 Å². The van der Waals surface area contributed by atoms with Gasteiger partial charge in [0.25, 0.3) is 0 Å². The third-order valence-corrected chi connectivity index (χ3v) is 2.94. The first-order chi connectivity index (χ1) is 6.86. The molecule has 1 aromatic heterocycles. The summed E-state index contributed by atoms with van der Waals surface area (Å²) in [5.74, 6) is 0.789. The molecule has 1 heterocycles. The Labute approximate surface area is 82.2 Å². The van der Waals surface area contributed by atoms with Gasteiger partial charge in [-0.1, -0.05) is 18.2 Å². The van der Waals surface area contributed by atoms with E-state index in [4.69, 9.17) is 4.42 Å². The number of hydrogen-bond acceptors (Lipinski definition) is 2. The molecular weight excluding hydrogens is 176 g/mol. The van der Waals surface area contributed by atoms with Crippen molar-refractivity contribution < 1.29 is 9.52 Å². The zero-order valence-corrected chi connectivity index (χ0v) is 7.86. The Balaban J connectivity index is 2.32. The molecule has 1 N–H and O–H groups in total. The van der Waals surface area contributed by atoms with E-state index in [1.54, 1.807) is 0 Å². The summed E-state index contributed by atoms with van der Waals surface area (Å²) in [5.41, 5.74) is 2.11. The highest BCUT2D eigenvalue weighted by Gasteiger charge is 2.24. The number of aryl methyl sites for hydroxylation is 1. The van der Waals surface area contributed by atoms with Crippen LogP contribution in [0, 0.1) is 0 Å². The van der Waals surface area contributed by atoms with Gasteiger partial charge in [0.2, 0.25) is 0 Å². The quantitative estimate of drug-likeness (QED) is 0.689. The first-order valence-electron chi connectivity index (χ1n) is 5.04. The molecule has 2 aromatic rings. The van der Waals surface area contributed by atoms with E-state index in [-0.39, 0.29) is 0 Å². The van der Waals surface area contributed by atoms with Crippen LogP contribution < -0.4 is 0 Å². The Bertz CT molecular complexity index is 470. The van der Waals surface area contributed by atoms with Crippen molar-refractivity contribution in [1.82, 2.24) is 0 Å². The van der Waals surface area contributed by atoms with E-state index in [2.05, 4.69) is 6.07 Å². The molecule has 1 aliphatic carbocycles. The second-order valence-corrected chi connectivity index (χ2v) is 3.85. The van der Waals surface area contributed by atoms with E-state index in [9.17, 15) is 5.11 Å². The standard InChI is InChI=1S/C12H12O2/c13-10-6-3-5-9-8-4-1-2-7-11(8)14-12(9)10/h1-2,4,7,10,13H,3,5-6H2. The molecule has 0 bridgehead atoms. The number of fused-ring (bicyclic) bond motifs is 3. The summed E-state index contributed by atoms with van der Waals surface area (Å²) in [4.78, 5) is 0. The normalized spacial score (nSPS) is 21.1. The Morgan fingerprint density at radius 3 is 3.07 bits per heavy atom. The summed E-state index contributed by atoms with van der Waals surface area (Å²) in [7, 11) is 0. The lowest BCUT2D eigenvalue weighted by Crippen LogP contribution is -2.06. The fourth-order valence-electron chi connectivity index (χ4n) is 2.25. The number of aliphatic hydroxyl groups is 1. The van der Waals surface area contributed by atoms with Crippen LogP contribution in [0.5, 0.6) is 0 Å². The van der Waals surface area contributed by atoms with Gasteiger partial charge in [-0.05, 0) is 25.3 Å². The monoisotopic (exact) mass is 188 g/mol. The molecule has 14 heavy (non-hydrogen) atoms. The van der Waals surface area contributed by atoms with E-state index >= 15 is 0 Å². The van der Waals surface area contributed by atoms with E-state index < -0.39 is 6.10 Å². The van der Waals surface area contributed by atoms with Gasteiger partial charge >= 0.3 is 0 Å². The molecule has 0 radical (unpaired) electrons. The number of aliphatic hydroxyl groups excluding tert-OH is 1. The minimum atomic E-state index is -0.397. The van der Waals surface area contributed by atoms with Crippen LogP contribution in [0.4, 0.5) is 0 Å². The smallest absolute Gasteiger partial charge is 0.136 e. The van der Waals surface area contributed by atoms with Crippen molar-refractivity contribution in [2.24, 2.45) is 0 Å². The number of hydrogen-bond donors (Lipinski definition) is 1. The summed E-state index contributed by atoms with van der Waals surface area (Å²) in [5, 5.41) is 10.9. The number of para-hydroxylation sites is 1. The van der Waals surface area contributed by atoms with E-state index in [1.807, 2.05) is 18.2 Å². The molecule has 2 nitrogen and oxygen atoms in total. The Hall–Kier alpha value is -1.28. The summed E-state index contributed by atoms with van der Waals surface area (Å²) < 4.78 is 5.65. The second kappa shape index (κ2) is 2.85. The van der Waals surface area contributed by atoms with Gasteiger partial charge in [0.1, 0.15) is 17.4 Å². The zero-order chi connectivity index (χ0) is 9.54. The van der Waals surface area contributed by atoms with Crippen molar-refractivity contribution in [1.29, 1.82) is 0 Å². The lowest BCUT2D eigenvalue weighted by atomic mass is 9.94. The van der Waals surface area contributed by atoms with E-state index in [0.717, 1.165) is 30.6 Å². The first-order valence-corrected chi connectivity index (χ1v) is 5.04. The maximum atomic E-state index is 9.77. The third kappa shape index (κ3) is 1.01. The lowest BCUT2D eigenvalue weighted by Gasteiger charge is -2.15. The summed E-state index contributed by atoms with van der Waals surface area (Å²) in [6.45, 7) is 0. The van der Waals surface area contributed by atoms with Crippen LogP contribution >= 0.6 is 0 Å². The maximum Gasteiger partial charge on any atom is 0.136 e. The molecule has 0 saturated carbocycles. The van der Waals surface area contributed by atoms with Crippen LogP contribution in [0.3, 0.4) is 0 Å². The Morgan fingerprint density at radius 2 is 2.14 bits per heavy atom. The molecule has 1 aromatic carbocycles. The SMILES string of the molecule is OC1CCCc2c1oc1ccccc21. The molecule has 0 saturated heterocycles. The average Bonchev–Trinajstić information content (AvgIpc) is 2.59. The fraction of sp³-hybridized carbons (Fsp3) is 0.333. The van der Waals surface area contributed by atoms with E-state index in [1.165, 1.54) is 10.9 Å². The molecule has 3 rings (SSSR count). The third-order valence-electron chi connectivity index (χ3n) is 2.94. The molecule has 0 fully saturated rings. The van der Waals surface area contributed by atoms with Crippen LogP contribution in [0.1, 0.15) is 30.3 Å². The first kappa shape index (κ1) is 8.06. The van der Waals surface area contributed by atoms with Crippen molar-refractivity contribution in [2.75, 3.05) is 0 Å². The highest BCUT2D eigenvalue weighted by Crippen LogP contribution is 2.36. The van der Waals surface area contributed by atoms with Crippen LogP contribution in [0.2, 0.25) is 0 Å². The maximum absolute atomic E-state index is 9.77. The largest absolute Gasteiger partial charge is 0.458 e. The Morgan fingerprint density at radius 1 is 1.29 bits per heavy atom. The summed E-state index contributed by atoms with van der Waals surface area (Å²) in [6.07, 6.45) is 2.51. The van der Waals surface area contributed by atoms with Crippen LogP contribution in [-0.2, 0) is 6.42 Å². The molecule has 1 aliphatic rings. The average molecular weight is 188 g/mol. The molecule has 0 aliphatic heterocycles. The second-order valence-electron chi connectivity index (χ2n) is 3.85. The summed E-state index contributed by atoms with van der Waals surface area (Å²) in [6, 6.07) is 8.00. The molecular formula is C12H12O2. The van der Waals surface area contributed by atoms with Crippen LogP contribution in [0.15, 0.2) is 28.7 Å². The van der Waals surface area contributed by atoms with Crippen molar-refractivity contribution in [3.05, 3.63) is 35.6 Å². The van der Waals surface area contributed by atoms with E-state index in [0.29, 0.717) is 0 Å². The molecule has 1 unspecified atom stereocenters. The van der Waals surface area contributed by atoms with Gasteiger partial charge in [-0.3, -0.25) is 0 Å². The highest BCUT2D eigenvalue weighted by atomic mass is 16.4. The predicted molar refractivity (Wildman–Crippen MR) is 54.1 cm³/mol. The van der Waals surface area contributed by atoms with Gasteiger partial charge in [0, 0.05) is 10.9 Å². The zero-order valence-electron chi connectivity index (χ0n) is 7.86. The van der Waals surface area contributed by atoms with Gasteiger partial charge in [0.15, 0.2) is 0 Å². The fourth-order valence-corrected chi connectivity index (χ4v) is 2.25. The number of rotatable bonds is 0. The molecule has 0 spiro atoms. The molecule has 0 amide bonds. The molecule has 72 valence electrons. The van der Waals surface area contributed by atoms with Crippen LogP contribution in [0.25, 0.3) is 11.0 Å². The van der Waals surface area contributed by atoms with Gasteiger partial charge in [0.05, 0.1) is 0 Å². The highest BCUT2D eigenvalue weighted by molar-refractivity contribution is 5.82. The number of benzene rings is 1. The Kier molecular flexibility index (Phi) is 1.64. The number of furan rings is 1. The van der Waals surface area contributed by atoms with Gasteiger partial charge in [-0.25, -0.2) is 0 Å². The lowest BCUT2D eigenvalue weighted by molar-refractivity contribution is 0.131. The minimum Gasteiger partial charge on any atom is -0.458 e. The van der Waals surface area contributed by atoms with Gasteiger partial charge in [-0.2, -0.15) is 0 Å². The molecule has 1 atom stereocenters. The van der Waals surface area contributed by atoms with Crippen LogP contribution in [-0.4, -0.2) is 5.11 Å². The van der Waals surface area contributed by atoms with Gasteiger partial charge in [-0.15, -0.1) is 0 Å². The van der Waals surface area contributed by atoms with Crippen molar-refractivity contribution in [3.63, 3.8) is 0 Å². The van der Waals surface area contributed by atoms with Crippen molar-refractivity contribution >= 4 is 11.0 Å². The summed E-state index contributed by atoms with van der Waals surface area (Å²) >= 11 is 0.